The van der Waals surface area contributed by atoms with Crippen molar-refractivity contribution >= 4 is 5.78 Å². The van der Waals surface area contributed by atoms with E-state index in [4.69, 9.17) is 5.73 Å². The van der Waals surface area contributed by atoms with Gasteiger partial charge < -0.3 is 5.73 Å². The van der Waals surface area contributed by atoms with E-state index in [2.05, 4.69) is 15.1 Å². The number of hydrogen-bond acceptors (Lipinski definition) is 4. The van der Waals surface area contributed by atoms with E-state index in [0.29, 0.717) is 5.78 Å². The summed E-state index contributed by atoms with van der Waals surface area (Å²) in [6, 6.07) is 0. The van der Waals surface area contributed by atoms with Crippen molar-refractivity contribution in [3.05, 3.63) is 24.3 Å². The third-order valence-corrected chi connectivity index (χ3v) is 3.46. The van der Waals surface area contributed by atoms with Gasteiger partial charge in [0.15, 0.2) is 0 Å². The highest BCUT2D eigenvalue weighted by atomic mass is 15.3. The summed E-state index contributed by atoms with van der Waals surface area (Å²) >= 11 is 0. The summed E-state index contributed by atoms with van der Waals surface area (Å²) in [5.74, 6) is 0.628. The number of rotatable bonds is 1. The van der Waals surface area contributed by atoms with Crippen LogP contribution in [-0.2, 0) is 5.54 Å². The molecule has 0 spiro atoms. The van der Waals surface area contributed by atoms with Gasteiger partial charge in [-0.3, -0.25) is 0 Å². The zero-order valence-electron chi connectivity index (χ0n) is 9.13. The predicted molar refractivity (Wildman–Crippen MR) is 59.7 cm³/mol. The fraction of sp³-hybridized carbons (Fsp3) is 0.545. The molecule has 0 radical (unpaired) electrons. The minimum Gasteiger partial charge on any atom is -0.321 e. The van der Waals surface area contributed by atoms with Gasteiger partial charge in [0.05, 0.1) is 0 Å². The SMILES string of the molecule is NC1(c2cnc3ncnn3c2)CCCCC1. The molecule has 0 saturated heterocycles. The summed E-state index contributed by atoms with van der Waals surface area (Å²) < 4.78 is 1.69. The van der Waals surface area contributed by atoms with Crippen molar-refractivity contribution in [2.45, 2.75) is 37.6 Å². The standard InChI is InChI=1S/C11H15N5/c12-11(4-2-1-3-5-11)9-6-13-10-14-8-15-16(10)7-9/h6-8H,1-5,12H2. The lowest BCUT2D eigenvalue weighted by molar-refractivity contribution is 0.300. The Morgan fingerprint density at radius 2 is 2.00 bits per heavy atom. The van der Waals surface area contributed by atoms with Crippen LogP contribution in [0.4, 0.5) is 0 Å². The van der Waals surface area contributed by atoms with E-state index >= 15 is 0 Å². The molecule has 0 aromatic carbocycles. The molecule has 0 aliphatic heterocycles. The minimum atomic E-state index is -0.217. The second-order valence-corrected chi connectivity index (χ2v) is 4.56. The number of fused-ring (bicyclic) bond motifs is 1. The molecule has 0 unspecified atom stereocenters. The molecule has 1 aliphatic rings. The molecule has 0 amide bonds. The van der Waals surface area contributed by atoms with Crippen molar-refractivity contribution in [1.82, 2.24) is 19.6 Å². The average Bonchev–Trinajstić information content (AvgIpc) is 2.77. The molecule has 5 nitrogen and oxygen atoms in total. The maximum Gasteiger partial charge on any atom is 0.252 e. The lowest BCUT2D eigenvalue weighted by atomic mass is 9.78. The van der Waals surface area contributed by atoms with Crippen molar-refractivity contribution in [3.8, 4) is 0 Å². The molecule has 84 valence electrons. The van der Waals surface area contributed by atoms with Crippen molar-refractivity contribution < 1.29 is 0 Å². The van der Waals surface area contributed by atoms with Crippen LogP contribution >= 0.6 is 0 Å². The van der Waals surface area contributed by atoms with Crippen LogP contribution in [0.25, 0.3) is 5.78 Å². The maximum absolute atomic E-state index is 6.44. The number of nitrogens with two attached hydrogens (primary N) is 1. The topological polar surface area (TPSA) is 69.1 Å². The highest BCUT2D eigenvalue weighted by Gasteiger charge is 2.30. The summed E-state index contributed by atoms with van der Waals surface area (Å²) in [6.45, 7) is 0. The summed E-state index contributed by atoms with van der Waals surface area (Å²) in [4.78, 5) is 8.30. The van der Waals surface area contributed by atoms with Gasteiger partial charge in [0.25, 0.3) is 5.78 Å². The maximum atomic E-state index is 6.44. The zero-order chi connectivity index (χ0) is 11.0. The first kappa shape index (κ1) is 9.72. The van der Waals surface area contributed by atoms with Gasteiger partial charge in [-0.25, -0.2) is 9.50 Å². The summed E-state index contributed by atoms with van der Waals surface area (Å²) in [7, 11) is 0. The quantitative estimate of drug-likeness (QED) is 0.780. The van der Waals surface area contributed by atoms with Gasteiger partial charge in [0, 0.05) is 23.5 Å². The Labute approximate surface area is 93.7 Å². The Hall–Kier alpha value is -1.49. The first-order chi connectivity index (χ1) is 7.78. The van der Waals surface area contributed by atoms with Crippen molar-refractivity contribution in [2.24, 2.45) is 5.73 Å². The average molecular weight is 217 g/mol. The van der Waals surface area contributed by atoms with E-state index in [9.17, 15) is 0 Å². The van der Waals surface area contributed by atoms with E-state index < -0.39 is 0 Å². The largest absolute Gasteiger partial charge is 0.321 e. The molecular weight excluding hydrogens is 202 g/mol. The van der Waals surface area contributed by atoms with Crippen LogP contribution in [0.3, 0.4) is 0 Å². The normalized spacial score (nSPS) is 20.1. The van der Waals surface area contributed by atoms with Gasteiger partial charge >= 0.3 is 0 Å². The molecule has 3 rings (SSSR count). The van der Waals surface area contributed by atoms with Gasteiger partial charge in [-0.15, -0.1) is 0 Å². The second kappa shape index (κ2) is 3.52. The first-order valence-electron chi connectivity index (χ1n) is 5.73. The van der Waals surface area contributed by atoms with E-state index in [0.717, 1.165) is 18.4 Å². The molecule has 5 heteroatoms. The van der Waals surface area contributed by atoms with Gasteiger partial charge in [-0.2, -0.15) is 10.1 Å². The Bertz CT molecular complexity index is 498. The minimum absolute atomic E-state index is 0.217. The molecule has 0 bridgehead atoms. The van der Waals surface area contributed by atoms with Gasteiger partial charge in [-0.05, 0) is 12.8 Å². The Balaban J connectivity index is 2.03. The molecule has 2 heterocycles. The predicted octanol–water partition coefficient (Wildman–Crippen LogP) is 1.24. The lowest BCUT2D eigenvalue weighted by Gasteiger charge is -2.33. The monoisotopic (exact) mass is 217 g/mol. The van der Waals surface area contributed by atoms with E-state index in [1.165, 1.54) is 25.6 Å². The van der Waals surface area contributed by atoms with Crippen molar-refractivity contribution in [3.63, 3.8) is 0 Å². The van der Waals surface area contributed by atoms with Crippen LogP contribution in [0.5, 0.6) is 0 Å². The summed E-state index contributed by atoms with van der Waals surface area (Å²) in [6.07, 6.45) is 11.1. The molecule has 2 N–H and O–H groups in total. The van der Waals surface area contributed by atoms with Gasteiger partial charge in [-0.1, -0.05) is 19.3 Å². The molecule has 1 saturated carbocycles. The van der Waals surface area contributed by atoms with Crippen molar-refractivity contribution in [1.29, 1.82) is 0 Å². The molecule has 1 aliphatic carbocycles. The number of nitrogens with zero attached hydrogens (tertiary/aromatic N) is 4. The third kappa shape index (κ3) is 1.48. The molecule has 2 aromatic heterocycles. The smallest absolute Gasteiger partial charge is 0.252 e. The Kier molecular flexibility index (Phi) is 2.14. The van der Waals surface area contributed by atoms with Crippen LogP contribution < -0.4 is 5.73 Å². The van der Waals surface area contributed by atoms with Crippen LogP contribution in [0.15, 0.2) is 18.7 Å². The highest BCUT2D eigenvalue weighted by molar-refractivity contribution is 5.29. The van der Waals surface area contributed by atoms with E-state index in [-0.39, 0.29) is 5.54 Å². The summed E-state index contributed by atoms with van der Waals surface area (Å²) in [5.41, 5.74) is 7.30. The molecule has 1 fully saturated rings. The first-order valence-corrected chi connectivity index (χ1v) is 5.73. The summed E-state index contributed by atoms with van der Waals surface area (Å²) in [5, 5.41) is 4.09. The fourth-order valence-electron chi connectivity index (χ4n) is 2.45. The Morgan fingerprint density at radius 1 is 1.19 bits per heavy atom. The van der Waals surface area contributed by atoms with Gasteiger partial charge in [0.1, 0.15) is 6.33 Å². The second-order valence-electron chi connectivity index (χ2n) is 4.56. The van der Waals surface area contributed by atoms with Crippen molar-refractivity contribution in [2.75, 3.05) is 0 Å². The third-order valence-electron chi connectivity index (χ3n) is 3.46. The van der Waals surface area contributed by atoms with Crippen LogP contribution in [0, 0.1) is 0 Å². The van der Waals surface area contributed by atoms with E-state index in [1.807, 2.05) is 12.4 Å². The van der Waals surface area contributed by atoms with Gasteiger partial charge in [0.2, 0.25) is 0 Å². The van der Waals surface area contributed by atoms with E-state index in [1.54, 1.807) is 4.52 Å². The molecule has 16 heavy (non-hydrogen) atoms. The van der Waals surface area contributed by atoms with Crippen LogP contribution in [0.2, 0.25) is 0 Å². The molecular formula is C11H15N5. The van der Waals surface area contributed by atoms with Crippen LogP contribution in [0.1, 0.15) is 37.7 Å². The number of aromatic nitrogens is 4. The zero-order valence-corrected chi connectivity index (χ0v) is 9.13. The molecule has 0 atom stereocenters. The molecule has 2 aromatic rings. The number of hydrogen-bond donors (Lipinski definition) is 1. The fourth-order valence-corrected chi connectivity index (χ4v) is 2.45. The highest BCUT2D eigenvalue weighted by Crippen LogP contribution is 2.34. The Morgan fingerprint density at radius 3 is 2.81 bits per heavy atom. The van der Waals surface area contributed by atoms with Crippen LogP contribution in [-0.4, -0.2) is 19.6 Å². The lowest BCUT2D eigenvalue weighted by Crippen LogP contribution is -2.38.